The Morgan fingerprint density at radius 3 is 2.94 bits per heavy atom. The highest BCUT2D eigenvalue weighted by Gasteiger charge is 2.07. The minimum atomic E-state index is 0.580. The number of rotatable bonds is 5. The quantitative estimate of drug-likeness (QED) is 0.873. The van der Waals surface area contributed by atoms with Gasteiger partial charge >= 0.3 is 0 Å². The van der Waals surface area contributed by atoms with Gasteiger partial charge in [0, 0.05) is 25.0 Å². The number of hydrogen-bond acceptors (Lipinski definition) is 6. The molecule has 17 heavy (non-hydrogen) atoms. The Labute approximate surface area is 104 Å². The second kappa shape index (κ2) is 5.22. The number of hydrogen-bond donors (Lipinski definition) is 1. The van der Waals surface area contributed by atoms with Gasteiger partial charge in [-0.1, -0.05) is 13.8 Å². The smallest absolute Gasteiger partial charge is 0.202 e. The molecule has 0 saturated heterocycles. The first kappa shape index (κ1) is 12.0. The van der Waals surface area contributed by atoms with Gasteiger partial charge in [-0.05, 0) is 5.92 Å². The molecule has 0 bridgehead atoms. The molecule has 0 aromatic carbocycles. The molecule has 92 valence electrons. The van der Waals surface area contributed by atoms with Crippen LogP contribution in [0, 0.1) is 5.92 Å². The van der Waals surface area contributed by atoms with Crippen LogP contribution in [0.1, 0.15) is 25.5 Å². The summed E-state index contributed by atoms with van der Waals surface area (Å²) in [6, 6.07) is 0. The van der Waals surface area contributed by atoms with Crippen molar-refractivity contribution in [1.82, 2.24) is 24.1 Å². The fourth-order valence-electron chi connectivity index (χ4n) is 1.41. The van der Waals surface area contributed by atoms with Gasteiger partial charge in [0.05, 0.1) is 6.54 Å². The SMILES string of the molecule is CC(C)Cc1nsc(NCc2ncnn2C)n1. The van der Waals surface area contributed by atoms with Crippen LogP contribution >= 0.6 is 11.5 Å². The molecule has 0 unspecified atom stereocenters. The normalized spacial score (nSPS) is 11.1. The summed E-state index contributed by atoms with van der Waals surface area (Å²) in [6.07, 6.45) is 2.46. The summed E-state index contributed by atoms with van der Waals surface area (Å²) in [5.74, 6) is 2.37. The molecule has 1 N–H and O–H groups in total. The van der Waals surface area contributed by atoms with Crippen molar-refractivity contribution in [3.8, 4) is 0 Å². The van der Waals surface area contributed by atoms with Crippen LogP contribution < -0.4 is 5.32 Å². The number of aryl methyl sites for hydroxylation is 1. The van der Waals surface area contributed by atoms with Gasteiger partial charge in [-0.25, -0.2) is 9.97 Å². The van der Waals surface area contributed by atoms with Crippen molar-refractivity contribution >= 4 is 16.7 Å². The van der Waals surface area contributed by atoms with E-state index in [9.17, 15) is 0 Å². The van der Waals surface area contributed by atoms with E-state index < -0.39 is 0 Å². The van der Waals surface area contributed by atoms with E-state index >= 15 is 0 Å². The molecule has 0 aliphatic rings. The first-order chi connectivity index (χ1) is 8.15. The first-order valence-electron chi connectivity index (χ1n) is 5.54. The summed E-state index contributed by atoms with van der Waals surface area (Å²) in [6.45, 7) is 4.94. The molecule has 0 fully saturated rings. The molecule has 0 atom stereocenters. The number of nitrogens with zero attached hydrogens (tertiary/aromatic N) is 5. The van der Waals surface area contributed by atoms with Crippen LogP contribution in [0.15, 0.2) is 6.33 Å². The van der Waals surface area contributed by atoms with E-state index in [1.165, 1.54) is 11.5 Å². The van der Waals surface area contributed by atoms with Gasteiger partial charge in [-0.15, -0.1) is 0 Å². The van der Waals surface area contributed by atoms with Gasteiger partial charge in [0.25, 0.3) is 0 Å². The summed E-state index contributed by atoms with van der Waals surface area (Å²) in [5.41, 5.74) is 0. The van der Waals surface area contributed by atoms with Crippen LogP contribution in [0.5, 0.6) is 0 Å². The number of nitrogens with one attached hydrogen (secondary N) is 1. The predicted molar refractivity (Wildman–Crippen MR) is 66.8 cm³/mol. The van der Waals surface area contributed by atoms with Crippen molar-refractivity contribution in [2.24, 2.45) is 13.0 Å². The Hall–Kier alpha value is -1.50. The molecule has 7 heteroatoms. The van der Waals surface area contributed by atoms with Crippen LogP contribution in [-0.2, 0) is 20.0 Å². The van der Waals surface area contributed by atoms with E-state index in [0.29, 0.717) is 12.5 Å². The van der Waals surface area contributed by atoms with Crippen LogP contribution in [0.25, 0.3) is 0 Å². The Morgan fingerprint density at radius 2 is 2.29 bits per heavy atom. The molecule has 0 aliphatic carbocycles. The molecule has 0 spiro atoms. The van der Waals surface area contributed by atoms with Crippen molar-refractivity contribution in [3.05, 3.63) is 18.0 Å². The van der Waals surface area contributed by atoms with Crippen molar-refractivity contribution < 1.29 is 0 Å². The van der Waals surface area contributed by atoms with Gasteiger partial charge < -0.3 is 5.32 Å². The number of anilines is 1. The Kier molecular flexibility index (Phi) is 3.68. The third kappa shape index (κ3) is 3.23. The molecule has 0 radical (unpaired) electrons. The summed E-state index contributed by atoms with van der Waals surface area (Å²) < 4.78 is 6.04. The fourth-order valence-corrected chi connectivity index (χ4v) is 2.00. The summed E-state index contributed by atoms with van der Waals surface area (Å²) >= 11 is 1.39. The van der Waals surface area contributed by atoms with Crippen LogP contribution in [0.3, 0.4) is 0 Å². The van der Waals surface area contributed by atoms with Crippen molar-refractivity contribution in [2.75, 3.05) is 5.32 Å². The zero-order chi connectivity index (χ0) is 12.3. The van der Waals surface area contributed by atoms with E-state index in [-0.39, 0.29) is 0 Å². The molecule has 2 heterocycles. The lowest BCUT2D eigenvalue weighted by Crippen LogP contribution is -2.06. The zero-order valence-corrected chi connectivity index (χ0v) is 11.0. The van der Waals surface area contributed by atoms with Crippen LogP contribution in [-0.4, -0.2) is 24.1 Å². The lowest BCUT2D eigenvalue weighted by Gasteiger charge is -2.01. The number of aromatic nitrogens is 5. The third-order valence-corrected chi connectivity index (χ3v) is 2.97. The van der Waals surface area contributed by atoms with Crippen molar-refractivity contribution in [3.63, 3.8) is 0 Å². The average molecular weight is 252 g/mol. The second-order valence-corrected chi connectivity index (χ2v) is 5.02. The summed E-state index contributed by atoms with van der Waals surface area (Å²) in [5, 5.41) is 8.05. The minimum absolute atomic E-state index is 0.580. The Morgan fingerprint density at radius 1 is 1.47 bits per heavy atom. The van der Waals surface area contributed by atoms with Crippen LogP contribution in [0.4, 0.5) is 5.13 Å². The van der Waals surface area contributed by atoms with Crippen molar-refractivity contribution in [2.45, 2.75) is 26.8 Å². The fraction of sp³-hybridized carbons (Fsp3) is 0.600. The average Bonchev–Trinajstić information content (AvgIpc) is 2.84. The Balaban J connectivity index is 1.91. The molecule has 0 amide bonds. The highest BCUT2D eigenvalue weighted by atomic mass is 32.1. The van der Waals surface area contributed by atoms with E-state index in [1.807, 2.05) is 7.05 Å². The molecular formula is C10H16N6S. The minimum Gasteiger partial charge on any atom is -0.353 e. The first-order valence-corrected chi connectivity index (χ1v) is 6.32. The van der Waals surface area contributed by atoms with Crippen molar-refractivity contribution in [1.29, 1.82) is 0 Å². The van der Waals surface area contributed by atoms with E-state index in [4.69, 9.17) is 0 Å². The molecule has 0 aliphatic heterocycles. The predicted octanol–water partition coefficient (Wildman–Crippen LogP) is 1.48. The highest BCUT2D eigenvalue weighted by Crippen LogP contribution is 2.14. The monoisotopic (exact) mass is 252 g/mol. The lowest BCUT2D eigenvalue weighted by atomic mass is 10.1. The highest BCUT2D eigenvalue weighted by molar-refractivity contribution is 7.09. The molecule has 2 aromatic rings. The molecule has 2 aromatic heterocycles. The molecule has 2 rings (SSSR count). The zero-order valence-electron chi connectivity index (χ0n) is 10.2. The maximum absolute atomic E-state index is 4.42. The Bertz CT molecular complexity index is 475. The van der Waals surface area contributed by atoms with E-state index in [2.05, 4.69) is 38.6 Å². The van der Waals surface area contributed by atoms with Gasteiger partial charge in [-0.2, -0.15) is 9.47 Å². The largest absolute Gasteiger partial charge is 0.353 e. The molecule has 6 nitrogen and oxygen atoms in total. The van der Waals surface area contributed by atoms with Crippen LogP contribution in [0.2, 0.25) is 0 Å². The molecule has 0 saturated carbocycles. The standard InChI is InChI=1S/C10H16N6S/c1-7(2)4-8-14-10(17-15-8)11-5-9-12-6-13-16(9)3/h6-7H,4-5H2,1-3H3,(H,11,14,15). The van der Waals surface area contributed by atoms with Gasteiger partial charge in [0.1, 0.15) is 18.0 Å². The van der Waals surface area contributed by atoms with E-state index in [0.717, 1.165) is 23.2 Å². The summed E-state index contributed by atoms with van der Waals surface area (Å²) in [4.78, 5) is 8.55. The lowest BCUT2D eigenvalue weighted by molar-refractivity contribution is 0.627. The van der Waals surface area contributed by atoms with E-state index in [1.54, 1.807) is 11.0 Å². The van der Waals surface area contributed by atoms with Gasteiger partial charge in [-0.3, -0.25) is 4.68 Å². The van der Waals surface area contributed by atoms with Gasteiger partial charge in [0.2, 0.25) is 5.13 Å². The molecular weight excluding hydrogens is 236 g/mol. The summed E-state index contributed by atoms with van der Waals surface area (Å²) in [7, 11) is 1.87. The third-order valence-electron chi connectivity index (χ3n) is 2.26. The maximum Gasteiger partial charge on any atom is 0.202 e. The topological polar surface area (TPSA) is 68.5 Å². The maximum atomic E-state index is 4.42. The van der Waals surface area contributed by atoms with Gasteiger partial charge in [0.15, 0.2) is 0 Å². The second-order valence-electron chi connectivity index (χ2n) is 4.27.